The second-order valence-electron chi connectivity index (χ2n) is 11.2. The minimum absolute atomic E-state index is 0.139. The van der Waals surface area contributed by atoms with Gasteiger partial charge >= 0.3 is 0 Å². The van der Waals surface area contributed by atoms with Crippen LogP contribution in [0.3, 0.4) is 0 Å². The fraction of sp³-hybridized carbons (Fsp3) is 0.760. The van der Waals surface area contributed by atoms with Crippen LogP contribution in [0.5, 0.6) is 0 Å². The zero-order valence-electron chi connectivity index (χ0n) is 19.1. The van der Waals surface area contributed by atoms with E-state index >= 15 is 0 Å². The van der Waals surface area contributed by atoms with Crippen LogP contribution >= 0.6 is 11.3 Å². The highest BCUT2D eigenvalue weighted by molar-refractivity contribution is 7.13. The summed E-state index contributed by atoms with van der Waals surface area (Å²) in [6, 6.07) is 0.803. The number of nitrogens with one attached hydrogen (secondary N) is 1. The van der Waals surface area contributed by atoms with Gasteiger partial charge in [-0.05, 0) is 81.6 Å². The van der Waals surface area contributed by atoms with E-state index in [0.29, 0.717) is 29.3 Å². The molecule has 0 bridgehead atoms. The van der Waals surface area contributed by atoms with E-state index in [1.165, 1.54) is 37.8 Å². The Hall–Kier alpha value is -1.36. The molecule has 3 aliphatic carbocycles. The first-order valence-corrected chi connectivity index (χ1v) is 12.8. The van der Waals surface area contributed by atoms with Crippen molar-refractivity contribution in [3.63, 3.8) is 0 Å². The van der Waals surface area contributed by atoms with Crippen molar-refractivity contribution in [2.75, 3.05) is 12.4 Å². The summed E-state index contributed by atoms with van der Waals surface area (Å²) < 4.78 is 0. The quantitative estimate of drug-likeness (QED) is 0.674. The lowest BCUT2D eigenvalue weighted by Gasteiger charge is -2.60. The molecule has 4 aliphatic rings. The summed E-state index contributed by atoms with van der Waals surface area (Å²) in [5.41, 5.74) is 1.84. The molecule has 1 amide bonds. The highest BCUT2D eigenvalue weighted by Crippen LogP contribution is 2.67. The van der Waals surface area contributed by atoms with Gasteiger partial charge in [-0.1, -0.05) is 19.9 Å². The van der Waals surface area contributed by atoms with Gasteiger partial charge in [-0.15, -0.1) is 11.3 Å². The van der Waals surface area contributed by atoms with E-state index in [9.17, 15) is 4.79 Å². The van der Waals surface area contributed by atoms with Crippen molar-refractivity contribution in [2.24, 2.45) is 28.6 Å². The number of likely N-dealkylation sites (N-methyl/N-ethyl adjacent to an activating group) is 1. The fourth-order valence-corrected chi connectivity index (χ4v) is 8.89. The summed E-state index contributed by atoms with van der Waals surface area (Å²) in [5.74, 6) is 3.06. The van der Waals surface area contributed by atoms with Crippen molar-refractivity contribution in [1.29, 1.82) is 0 Å². The van der Waals surface area contributed by atoms with Crippen LogP contribution in [0.15, 0.2) is 17.5 Å². The van der Waals surface area contributed by atoms with Gasteiger partial charge in [-0.25, -0.2) is 4.98 Å². The van der Waals surface area contributed by atoms with Gasteiger partial charge in [-0.2, -0.15) is 0 Å². The smallest absolute Gasteiger partial charge is 0.246 e. The van der Waals surface area contributed by atoms with Crippen LogP contribution in [0.1, 0.15) is 77.8 Å². The first-order valence-electron chi connectivity index (χ1n) is 11.9. The number of hydrogen-bond acceptors (Lipinski definition) is 4. The highest BCUT2D eigenvalue weighted by Gasteiger charge is 2.60. The van der Waals surface area contributed by atoms with E-state index in [4.69, 9.17) is 4.98 Å². The molecule has 0 radical (unpaired) electrons. The van der Waals surface area contributed by atoms with Gasteiger partial charge < -0.3 is 10.2 Å². The average molecular weight is 428 g/mol. The molecule has 1 N–H and O–H groups in total. The molecule has 4 nitrogen and oxygen atoms in total. The van der Waals surface area contributed by atoms with Crippen LogP contribution in [0.4, 0.5) is 5.13 Å². The second kappa shape index (κ2) is 7.08. The van der Waals surface area contributed by atoms with E-state index in [1.54, 1.807) is 11.3 Å². The van der Waals surface area contributed by atoms with Gasteiger partial charge in [0.25, 0.3) is 0 Å². The van der Waals surface area contributed by atoms with Crippen molar-refractivity contribution in [1.82, 2.24) is 9.88 Å². The number of aromatic nitrogens is 1. The molecule has 5 rings (SSSR count). The first-order chi connectivity index (χ1) is 14.2. The molecule has 7 atom stereocenters. The van der Waals surface area contributed by atoms with Crippen LogP contribution in [0, 0.1) is 28.6 Å². The summed E-state index contributed by atoms with van der Waals surface area (Å²) in [5, 5.41) is 6.88. The van der Waals surface area contributed by atoms with Crippen LogP contribution < -0.4 is 5.32 Å². The molecular weight excluding hydrogens is 390 g/mol. The molecule has 3 saturated carbocycles. The van der Waals surface area contributed by atoms with E-state index in [-0.39, 0.29) is 11.3 Å². The number of carbonyl (C=O) groups is 1. The van der Waals surface area contributed by atoms with Gasteiger partial charge in [0.15, 0.2) is 5.13 Å². The van der Waals surface area contributed by atoms with E-state index in [2.05, 4.69) is 44.5 Å². The topological polar surface area (TPSA) is 45.2 Å². The van der Waals surface area contributed by atoms with Gasteiger partial charge in [0.2, 0.25) is 5.91 Å². The Morgan fingerprint density at radius 1 is 1.17 bits per heavy atom. The third-order valence-corrected chi connectivity index (χ3v) is 10.2. The van der Waals surface area contributed by atoms with Gasteiger partial charge in [0, 0.05) is 35.8 Å². The van der Waals surface area contributed by atoms with Crippen LogP contribution in [0.25, 0.3) is 0 Å². The molecule has 1 aromatic heterocycles. The highest BCUT2D eigenvalue weighted by atomic mass is 32.1. The maximum atomic E-state index is 12.3. The summed E-state index contributed by atoms with van der Waals surface area (Å²) in [4.78, 5) is 19.3. The number of anilines is 1. The van der Waals surface area contributed by atoms with E-state index < -0.39 is 0 Å². The number of fused-ring (bicyclic) bond motifs is 5. The number of nitrogens with zero attached hydrogens (tertiary/aromatic N) is 2. The molecule has 0 saturated heterocycles. The molecular formula is C25H37N3OS. The van der Waals surface area contributed by atoms with Crippen molar-refractivity contribution in [3.05, 3.63) is 23.2 Å². The summed E-state index contributed by atoms with van der Waals surface area (Å²) >= 11 is 1.77. The molecule has 30 heavy (non-hydrogen) atoms. The first kappa shape index (κ1) is 20.5. The minimum Gasteiger partial charge on any atom is -0.359 e. The molecule has 0 unspecified atom stereocenters. The van der Waals surface area contributed by atoms with E-state index in [1.807, 2.05) is 18.0 Å². The van der Waals surface area contributed by atoms with Crippen molar-refractivity contribution >= 4 is 22.4 Å². The molecule has 3 fully saturated rings. The van der Waals surface area contributed by atoms with Crippen LogP contribution in [0.2, 0.25) is 0 Å². The summed E-state index contributed by atoms with van der Waals surface area (Å²) in [7, 11) is 2.01. The molecule has 0 spiro atoms. The van der Waals surface area contributed by atoms with Crippen molar-refractivity contribution in [2.45, 2.75) is 84.2 Å². The fourth-order valence-electron chi connectivity index (χ4n) is 7.98. The van der Waals surface area contributed by atoms with Gasteiger partial charge in [-0.3, -0.25) is 4.79 Å². The molecule has 1 aromatic rings. The zero-order chi connectivity index (χ0) is 21.3. The standard InChI is InChI=1S/C25H37N3OS/c1-15(2)26-23-27-20(14-30-23)19-8-7-17-16-6-9-21-25(4,13-11-22(29)28(21)5)18(16)10-12-24(17,19)3/h11,13-19,21H,6-10,12H2,1-5H3,(H,26,27)/t16-,17-,18-,19+,21+,24-,25+/m0/s1. The maximum Gasteiger partial charge on any atom is 0.246 e. The minimum atomic E-state index is 0.139. The van der Waals surface area contributed by atoms with Gasteiger partial charge in [0.1, 0.15) is 0 Å². The number of rotatable bonds is 3. The number of carbonyl (C=O) groups excluding carboxylic acids is 1. The molecule has 0 aromatic carbocycles. The largest absolute Gasteiger partial charge is 0.359 e. The number of amides is 1. The molecule has 164 valence electrons. The van der Waals surface area contributed by atoms with Crippen LogP contribution in [-0.4, -0.2) is 34.9 Å². The lowest BCUT2D eigenvalue weighted by atomic mass is 9.47. The number of hydrogen-bond donors (Lipinski definition) is 1. The van der Waals surface area contributed by atoms with Gasteiger partial charge in [0.05, 0.1) is 5.69 Å². The number of thiazole rings is 1. The zero-order valence-corrected chi connectivity index (χ0v) is 20.0. The monoisotopic (exact) mass is 427 g/mol. The Bertz CT molecular complexity index is 862. The van der Waals surface area contributed by atoms with Crippen molar-refractivity contribution < 1.29 is 4.79 Å². The Morgan fingerprint density at radius 3 is 2.73 bits per heavy atom. The lowest BCUT2D eigenvalue weighted by Crippen LogP contribution is -2.59. The predicted octanol–water partition coefficient (Wildman–Crippen LogP) is 5.69. The Morgan fingerprint density at radius 2 is 1.97 bits per heavy atom. The molecule has 5 heteroatoms. The van der Waals surface area contributed by atoms with Crippen molar-refractivity contribution in [3.8, 4) is 0 Å². The second-order valence-corrected chi connectivity index (χ2v) is 12.0. The lowest BCUT2D eigenvalue weighted by molar-refractivity contribution is -0.138. The Labute approximate surface area is 185 Å². The Kier molecular flexibility index (Phi) is 4.85. The summed E-state index contributed by atoms with van der Waals surface area (Å²) in [6.07, 6.45) is 11.8. The van der Waals surface area contributed by atoms with Crippen LogP contribution in [-0.2, 0) is 4.79 Å². The Balaban J connectivity index is 1.41. The van der Waals surface area contributed by atoms with E-state index in [0.717, 1.165) is 23.4 Å². The molecule has 1 aliphatic heterocycles. The summed E-state index contributed by atoms with van der Waals surface area (Å²) in [6.45, 7) is 9.36. The molecule has 2 heterocycles. The maximum absolute atomic E-state index is 12.3. The third kappa shape index (κ3) is 2.91. The SMILES string of the molecule is CC(C)Nc1nc([C@H]2CC[C@H]3[C@@H]4CC[C@H]5N(C)C(=O)C=C[C@]5(C)[C@H]4CC[C@]23C)cs1. The average Bonchev–Trinajstić information content (AvgIpc) is 3.28. The predicted molar refractivity (Wildman–Crippen MR) is 124 cm³/mol. The normalized spacial score (nSPS) is 42.8. The third-order valence-electron chi connectivity index (χ3n) is 9.42.